The zero-order valence-corrected chi connectivity index (χ0v) is 22.5. The first-order valence-electron chi connectivity index (χ1n) is 11.1. The van der Waals surface area contributed by atoms with Crippen molar-refractivity contribution in [3.63, 3.8) is 0 Å². The van der Waals surface area contributed by atoms with E-state index in [4.69, 9.17) is 21.5 Å². The van der Waals surface area contributed by atoms with Gasteiger partial charge in [0.15, 0.2) is 5.82 Å². The Hall–Kier alpha value is -3.01. The highest BCUT2D eigenvalue weighted by molar-refractivity contribution is 7.92. The van der Waals surface area contributed by atoms with Crippen molar-refractivity contribution in [3.8, 4) is 0 Å². The van der Waals surface area contributed by atoms with Crippen LogP contribution in [0.3, 0.4) is 0 Å². The number of aliphatic carboxylic acids is 1. The number of halogens is 6. The van der Waals surface area contributed by atoms with Crippen molar-refractivity contribution in [2.24, 2.45) is 5.92 Å². The lowest BCUT2D eigenvalue weighted by molar-refractivity contribution is -0.192. The molecule has 4 rings (SSSR count). The van der Waals surface area contributed by atoms with Gasteiger partial charge in [0.2, 0.25) is 0 Å². The molecule has 1 fully saturated rings. The fourth-order valence-corrected chi connectivity index (χ4v) is 5.60. The van der Waals surface area contributed by atoms with Gasteiger partial charge in [-0.25, -0.2) is 27.0 Å². The molecule has 1 aliphatic rings. The van der Waals surface area contributed by atoms with Gasteiger partial charge in [-0.15, -0.1) is 11.3 Å². The Bertz CT molecular complexity index is 1420. The first kappa shape index (κ1) is 30.5. The van der Waals surface area contributed by atoms with Crippen LogP contribution in [0.2, 0.25) is 5.02 Å². The Morgan fingerprint density at radius 2 is 1.90 bits per heavy atom. The Labute approximate surface area is 229 Å². The van der Waals surface area contributed by atoms with Gasteiger partial charge in [-0.3, -0.25) is 9.62 Å². The van der Waals surface area contributed by atoms with Crippen molar-refractivity contribution >= 4 is 50.4 Å². The molecule has 1 aliphatic heterocycles. The molecule has 0 saturated carbocycles. The number of sulfonamides is 1. The van der Waals surface area contributed by atoms with Crippen molar-refractivity contribution < 1.29 is 40.3 Å². The molecule has 0 atom stereocenters. The number of alkyl halides is 3. The number of benzene rings is 2. The summed E-state index contributed by atoms with van der Waals surface area (Å²) in [5.74, 6) is -3.38. The molecule has 1 saturated heterocycles. The molecule has 3 aromatic rings. The number of rotatable bonds is 8. The summed E-state index contributed by atoms with van der Waals surface area (Å²) in [5.41, 5.74) is 2.93. The second kappa shape index (κ2) is 12.4. The van der Waals surface area contributed by atoms with Crippen LogP contribution < -0.4 is 10.0 Å². The van der Waals surface area contributed by atoms with Gasteiger partial charge >= 0.3 is 12.1 Å². The number of hydrogen-bond donors (Lipinski definition) is 3. The summed E-state index contributed by atoms with van der Waals surface area (Å²) in [6.45, 7) is 4.79. The van der Waals surface area contributed by atoms with E-state index in [0.717, 1.165) is 30.8 Å². The molecule has 0 spiro atoms. The number of likely N-dealkylation sites (tertiary alicyclic amines) is 1. The second-order valence-corrected chi connectivity index (χ2v) is 11.4. The number of carbonyl (C=O) groups is 1. The highest BCUT2D eigenvalue weighted by atomic mass is 35.5. The van der Waals surface area contributed by atoms with Crippen LogP contribution in [-0.2, 0) is 27.9 Å². The van der Waals surface area contributed by atoms with Crippen molar-refractivity contribution in [1.82, 2.24) is 9.88 Å². The lowest BCUT2D eigenvalue weighted by Crippen LogP contribution is -2.44. The first-order chi connectivity index (χ1) is 18.2. The van der Waals surface area contributed by atoms with Gasteiger partial charge in [-0.2, -0.15) is 13.2 Å². The van der Waals surface area contributed by atoms with Crippen LogP contribution in [0.4, 0.5) is 33.5 Å². The van der Waals surface area contributed by atoms with Crippen LogP contribution in [0.15, 0.2) is 46.1 Å². The smallest absolute Gasteiger partial charge is 0.475 e. The second-order valence-electron chi connectivity index (χ2n) is 8.57. The molecule has 16 heteroatoms. The minimum Gasteiger partial charge on any atom is -0.475 e. The normalized spacial score (nSPS) is 14.2. The predicted octanol–water partition coefficient (Wildman–Crippen LogP) is 5.57. The van der Waals surface area contributed by atoms with Crippen LogP contribution in [0, 0.1) is 17.6 Å². The van der Waals surface area contributed by atoms with Gasteiger partial charge in [0.05, 0.1) is 16.2 Å². The van der Waals surface area contributed by atoms with E-state index in [2.05, 4.69) is 26.8 Å². The Morgan fingerprint density at radius 3 is 2.46 bits per heavy atom. The average molecular weight is 613 g/mol. The summed E-state index contributed by atoms with van der Waals surface area (Å²) in [6, 6.07) is 6.93. The lowest BCUT2D eigenvalue weighted by Gasteiger charge is -2.37. The van der Waals surface area contributed by atoms with Crippen molar-refractivity contribution in [2.45, 2.75) is 31.1 Å². The van der Waals surface area contributed by atoms with E-state index in [-0.39, 0.29) is 28.9 Å². The molecule has 8 nitrogen and oxygen atoms in total. The zero-order valence-electron chi connectivity index (χ0n) is 20.1. The summed E-state index contributed by atoms with van der Waals surface area (Å²) < 4.78 is 88.1. The van der Waals surface area contributed by atoms with E-state index in [9.17, 15) is 30.4 Å². The third-order valence-corrected chi connectivity index (χ3v) is 7.70. The van der Waals surface area contributed by atoms with Gasteiger partial charge in [-0.05, 0) is 29.7 Å². The number of nitrogens with one attached hydrogen (secondary N) is 2. The monoisotopic (exact) mass is 612 g/mol. The molecule has 0 radical (unpaired) electrons. The maximum atomic E-state index is 14.7. The number of nitrogens with zero attached hydrogens (tertiary/aromatic N) is 2. The highest BCUT2D eigenvalue weighted by Gasteiger charge is 2.38. The van der Waals surface area contributed by atoms with Gasteiger partial charge in [0.1, 0.15) is 16.5 Å². The minimum atomic E-state index is -5.08. The molecular weight excluding hydrogens is 591 g/mol. The van der Waals surface area contributed by atoms with Crippen LogP contribution >= 0.6 is 22.9 Å². The highest BCUT2D eigenvalue weighted by Crippen LogP contribution is 2.30. The maximum absolute atomic E-state index is 14.7. The van der Waals surface area contributed by atoms with Gasteiger partial charge in [0.25, 0.3) is 10.0 Å². The predicted molar refractivity (Wildman–Crippen MR) is 136 cm³/mol. The molecule has 0 aliphatic carbocycles. The fraction of sp³-hybridized carbons (Fsp3) is 0.304. The summed E-state index contributed by atoms with van der Waals surface area (Å²) in [4.78, 5) is 14.4. The standard InChI is InChI=1S/C21H21ClF2N4O2S2.C2HF3O2/c1-13-8-28(9-13)10-14-3-2-4-17(23)15(14)7-25-19-6-18(24)20(5-16(19)22)32(29,30)27-21-11-31-12-26-21;3-2(4,5)1(6)7/h2-6,11-13,25,27H,7-10H2,1H3;(H,6,7). The number of anilines is 2. The average Bonchev–Trinajstić information content (AvgIpc) is 3.31. The summed E-state index contributed by atoms with van der Waals surface area (Å²) in [7, 11) is -4.21. The molecule has 0 amide bonds. The number of aromatic nitrogens is 1. The quantitative estimate of drug-likeness (QED) is 0.285. The zero-order chi connectivity index (χ0) is 29.0. The SMILES string of the molecule is CC1CN(Cc2cccc(F)c2CNc2cc(F)c(S(=O)(=O)Nc3cscn3)cc2Cl)C1.O=C(O)C(F)(F)F. The van der Waals surface area contributed by atoms with E-state index < -0.39 is 32.9 Å². The Kier molecular flexibility index (Phi) is 9.74. The molecule has 0 bridgehead atoms. The van der Waals surface area contributed by atoms with Crippen LogP contribution in [0.5, 0.6) is 0 Å². The third-order valence-electron chi connectivity index (χ3n) is 5.43. The summed E-state index contributed by atoms with van der Waals surface area (Å²) >= 11 is 7.43. The molecule has 2 heterocycles. The number of carboxylic acid groups (broad SMARTS) is 1. The molecular formula is C23H22ClF5N4O4S2. The molecule has 39 heavy (non-hydrogen) atoms. The molecule has 0 unspecified atom stereocenters. The Morgan fingerprint density at radius 1 is 1.23 bits per heavy atom. The third kappa shape index (κ3) is 8.24. The number of thiazole rings is 1. The first-order valence-corrected chi connectivity index (χ1v) is 13.9. The van der Waals surface area contributed by atoms with Gasteiger partial charge in [-0.1, -0.05) is 30.7 Å². The van der Waals surface area contributed by atoms with Crippen LogP contribution in [0.1, 0.15) is 18.1 Å². The largest absolute Gasteiger partial charge is 0.490 e. The van der Waals surface area contributed by atoms with Gasteiger partial charge in [0, 0.05) is 37.1 Å². The van der Waals surface area contributed by atoms with E-state index in [1.165, 1.54) is 28.3 Å². The molecule has 2 aromatic carbocycles. The topological polar surface area (TPSA) is 112 Å². The minimum absolute atomic E-state index is 0.000454. The lowest BCUT2D eigenvalue weighted by atomic mass is 9.99. The van der Waals surface area contributed by atoms with Crippen molar-refractivity contribution in [1.29, 1.82) is 0 Å². The fourth-order valence-electron chi connectivity index (χ4n) is 3.66. The van der Waals surface area contributed by atoms with Crippen LogP contribution in [-0.4, -0.2) is 48.6 Å². The number of hydrogen-bond acceptors (Lipinski definition) is 7. The van der Waals surface area contributed by atoms with Crippen molar-refractivity contribution in [3.05, 3.63) is 69.0 Å². The number of carboxylic acids is 1. The maximum Gasteiger partial charge on any atom is 0.490 e. The van der Waals surface area contributed by atoms with E-state index in [1.807, 2.05) is 6.07 Å². The molecule has 3 N–H and O–H groups in total. The van der Waals surface area contributed by atoms with E-state index >= 15 is 0 Å². The molecule has 212 valence electrons. The van der Waals surface area contributed by atoms with Gasteiger partial charge < -0.3 is 10.4 Å². The summed E-state index contributed by atoms with van der Waals surface area (Å²) in [5, 5.41) is 11.5. The Balaban J connectivity index is 0.000000532. The van der Waals surface area contributed by atoms with E-state index in [0.29, 0.717) is 18.0 Å². The van der Waals surface area contributed by atoms with Crippen LogP contribution in [0.25, 0.3) is 0 Å². The summed E-state index contributed by atoms with van der Waals surface area (Å²) in [6.07, 6.45) is -5.08. The molecule has 1 aromatic heterocycles. The van der Waals surface area contributed by atoms with E-state index in [1.54, 1.807) is 6.07 Å². The van der Waals surface area contributed by atoms with Crippen molar-refractivity contribution in [2.75, 3.05) is 23.1 Å².